The number of hydrogen-bond donors (Lipinski definition) is 1. The van der Waals surface area contributed by atoms with Crippen molar-refractivity contribution in [3.05, 3.63) is 36.0 Å². The summed E-state index contributed by atoms with van der Waals surface area (Å²) < 4.78 is 5.86. The molecule has 0 saturated heterocycles. The summed E-state index contributed by atoms with van der Waals surface area (Å²) in [5.41, 5.74) is 2.31. The number of ether oxygens (including phenoxy) is 1. The first-order valence-electron chi connectivity index (χ1n) is 7.21. The molecule has 2 heterocycles. The standard InChI is InChI=1S/C16H18ClN3O2/c1-10(12-8-18-13-6-4-3-5-11(12)13)14-9-19-16(22-14)20(2)15(21)7-17/h3-6,8,10,14,18H,7,9H2,1-2H3/t10-,14-/m1/s1. The van der Waals surface area contributed by atoms with Crippen LogP contribution in [0.25, 0.3) is 10.9 Å². The van der Waals surface area contributed by atoms with E-state index in [9.17, 15) is 4.79 Å². The second-order valence-electron chi connectivity index (χ2n) is 5.44. The summed E-state index contributed by atoms with van der Waals surface area (Å²) in [6.07, 6.45) is 1.93. The zero-order valence-corrected chi connectivity index (χ0v) is 13.3. The molecule has 6 heteroatoms. The number of nitrogens with one attached hydrogen (secondary N) is 1. The Kier molecular flexibility index (Phi) is 4.07. The van der Waals surface area contributed by atoms with Gasteiger partial charge in [-0.05, 0) is 11.6 Å². The molecule has 1 aliphatic heterocycles. The van der Waals surface area contributed by atoms with E-state index in [1.807, 2.05) is 18.3 Å². The summed E-state index contributed by atoms with van der Waals surface area (Å²) in [5, 5.41) is 1.19. The number of carbonyl (C=O) groups excluding carboxylic acids is 1. The van der Waals surface area contributed by atoms with E-state index in [1.165, 1.54) is 15.8 Å². The quantitative estimate of drug-likeness (QED) is 0.884. The van der Waals surface area contributed by atoms with Crippen molar-refractivity contribution in [2.45, 2.75) is 18.9 Å². The van der Waals surface area contributed by atoms with Gasteiger partial charge in [0.25, 0.3) is 6.02 Å². The maximum atomic E-state index is 11.6. The number of carbonyl (C=O) groups is 1. The van der Waals surface area contributed by atoms with Crippen LogP contribution in [0.15, 0.2) is 35.5 Å². The maximum absolute atomic E-state index is 11.6. The van der Waals surface area contributed by atoms with E-state index >= 15 is 0 Å². The lowest BCUT2D eigenvalue weighted by Gasteiger charge is -2.21. The van der Waals surface area contributed by atoms with Gasteiger partial charge >= 0.3 is 0 Å². The number of aromatic nitrogens is 1. The van der Waals surface area contributed by atoms with E-state index in [0.717, 1.165) is 5.52 Å². The number of rotatable bonds is 3. The molecule has 1 aromatic carbocycles. The van der Waals surface area contributed by atoms with Crippen LogP contribution in [0, 0.1) is 0 Å². The number of hydrogen-bond acceptors (Lipinski definition) is 3. The molecule has 1 aromatic heterocycles. The van der Waals surface area contributed by atoms with Crippen molar-refractivity contribution in [1.29, 1.82) is 0 Å². The van der Waals surface area contributed by atoms with Gasteiger partial charge in [-0.3, -0.25) is 9.69 Å². The fourth-order valence-corrected chi connectivity index (χ4v) is 2.87. The minimum absolute atomic E-state index is 0.0818. The predicted molar refractivity (Wildman–Crippen MR) is 87.4 cm³/mol. The summed E-state index contributed by atoms with van der Waals surface area (Å²) in [5.74, 6) is -0.139. The number of alkyl halides is 1. The van der Waals surface area contributed by atoms with Crippen molar-refractivity contribution in [2.75, 3.05) is 19.5 Å². The number of para-hydroxylation sites is 1. The highest BCUT2D eigenvalue weighted by Gasteiger charge is 2.31. The molecule has 116 valence electrons. The zero-order valence-electron chi connectivity index (χ0n) is 12.5. The van der Waals surface area contributed by atoms with Gasteiger partial charge in [-0.25, -0.2) is 4.99 Å². The molecule has 0 bridgehead atoms. The monoisotopic (exact) mass is 319 g/mol. The second-order valence-corrected chi connectivity index (χ2v) is 5.71. The fraction of sp³-hybridized carbons (Fsp3) is 0.375. The SMILES string of the molecule is C[C@H](c1c[nH]c2ccccc12)[C@H]1CN=C(N(C)C(=O)CCl)O1. The van der Waals surface area contributed by atoms with E-state index in [-0.39, 0.29) is 23.8 Å². The van der Waals surface area contributed by atoms with E-state index in [0.29, 0.717) is 12.6 Å². The Morgan fingerprint density at radius 2 is 2.32 bits per heavy atom. The summed E-state index contributed by atoms with van der Waals surface area (Å²) >= 11 is 5.56. The number of nitrogens with zero attached hydrogens (tertiary/aromatic N) is 2. The molecule has 5 nitrogen and oxygen atoms in total. The van der Waals surface area contributed by atoms with Gasteiger partial charge in [0.05, 0.1) is 6.54 Å². The Balaban J connectivity index is 1.75. The number of halogens is 1. The molecule has 1 amide bonds. The summed E-state index contributed by atoms with van der Waals surface area (Å²) in [4.78, 5) is 20.6. The Bertz CT molecular complexity index is 725. The molecule has 3 rings (SSSR count). The summed E-state index contributed by atoms with van der Waals surface area (Å²) in [7, 11) is 1.63. The van der Waals surface area contributed by atoms with Crippen LogP contribution >= 0.6 is 11.6 Å². The van der Waals surface area contributed by atoms with Crippen LogP contribution in [0.3, 0.4) is 0 Å². The topological polar surface area (TPSA) is 57.7 Å². The van der Waals surface area contributed by atoms with Crippen molar-refractivity contribution in [3.8, 4) is 0 Å². The highest BCUT2D eigenvalue weighted by molar-refractivity contribution is 6.28. The molecule has 22 heavy (non-hydrogen) atoms. The first kappa shape index (κ1) is 14.9. The molecule has 0 radical (unpaired) electrons. The van der Waals surface area contributed by atoms with Gasteiger partial charge in [0, 0.05) is 30.1 Å². The molecule has 1 aliphatic rings. The molecule has 2 aromatic rings. The molecular weight excluding hydrogens is 302 g/mol. The van der Waals surface area contributed by atoms with Crippen LogP contribution in [0.5, 0.6) is 0 Å². The first-order valence-corrected chi connectivity index (χ1v) is 7.75. The van der Waals surface area contributed by atoms with Crippen molar-refractivity contribution < 1.29 is 9.53 Å². The van der Waals surface area contributed by atoms with Gasteiger partial charge in [0.1, 0.15) is 12.0 Å². The average Bonchev–Trinajstić information content (AvgIpc) is 3.19. The molecule has 0 aliphatic carbocycles. The van der Waals surface area contributed by atoms with Crippen molar-refractivity contribution >= 4 is 34.4 Å². The molecule has 0 unspecified atom stereocenters. The Morgan fingerprint density at radius 1 is 1.55 bits per heavy atom. The number of benzene rings is 1. The molecule has 0 saturated carbocycles. The highest BCUT2D eigenvalue weighted by atomic mass is 35.5. The average molecular weight is 320 g/mol. The zero-order chi connectivity index (χ0) is 15.7. The van der Waals surface area contributed by atoms with Gasteiger partial charge in [-0.1, -0.05) is 25.1 Å². The largest absolute Gasteiger partial charge is 0.459 e. The van der Waals surface area contributed by atoms with Gasteiger partial charge in [-0.2, -0.15) is 0 Å². The van der Waals surface area contributed by atoms with Crippen LogP contribution in [0.1, 0.15) is 18.4 Å². The number of amides is 1. The third-order valence-electron chi connectivity index (χ3n) is 4.11. The summed E-state index contributed by atoms with van der Waals surface area (Å²) in [6, 6.07) is 8.53. The second kappa shape index (κ2) is 6.01. The van der Waals surface area contributed by atoms with Crippen molar-refractivity contribution in [3.63, 3.8) is 0 Å². The summed E-state index contributed by atoms with van der Waals surface area (Å²) in [6.45, 7) is 2.65. The van der Waals surface area contributed by atoms with E-state index in [4.69, 9.17) is 16.3 Å². The predicted octanol–water partition coefficient (Wildman–Crippen LogP) is 2.72. The van der Waals surface area contributed by atoms with Gasteiger partial charge in [0.2, 0.25) is 5.91 Å². The lowest BCUT2D eigenvalue weighted by Crippen LogP contribution is -2.35. The Labute approximate surface area is 133 Å². The Hall–Kier alpha value is -2.01. The number of aromatic amines is 1. The lowest BCUT2D eigenvalue weighted by atomic mass is 9.95. The minimum atomic E-state index is -0.221. The van der Waals surface area contributed by atoms with Crippen LogP contribution in [0.2, 0.25) is 0 Å². The molecule has 0 fully saturated rings. The van der Waals surface area contributed by atoms with Crippen LogP contribution in [-0.4, -0.2) is 47.4 Å². The van der Waals surface area contributed by atoms with Crippen LogP contribution in [0.4, 0.5) is 0 Å². The number of amidine groups is 1. The molecular formula is C16H18ClN3O2. The van der Waals surface area contributed by atoms with Crippen molar-refractivity contribution in [2.24, 2.45) is 4.99 Å². The molecule has 2 atom stereocenters. The van der Waals surface area contributed by atoms with E-state index in [1.54, 1.807) is 7.05 Å². The van der Waals surface area contributed by atoms with Gasteiger partial charge < -0.3 is 9.72 Å². The van der Waals surface area contributed by atoms with Gasteiger partial charge in [0.15, 0.2) is 0 Å². The number of aliphatic imine (C=N–C) groups is 1. The maximum Gasteiger partial charge on any atom is 0.294 e. The molecule has 0 spiro atoms. The number of fused-ring (bicyclic) bond motifs is 1. The fourth-order valence-electron chi connectivity index (χ4n) is 2.69. The van der Waals surface area contributed by atoms with Crippen LogP contribution < -0.4 is 0 Å². The number of H-pyrrole nitrogens is 1. The van der Waals surface area contributed by atoms with E-state index in [2.05, 4.69) is 29.0 Å². The van der Waals surface area contributed by atoms with Gasteiger partial charge in [-0.15, -0.1) is 11.6 Å². The third kappa shape index (κ3) is 2.57. The highest BCUT2D eigenvalue weighted by Crippen LogP contribution is 2.30. The normalized spacial score (nSPS) is 18.9. The smallest absolute Gasteiger partial charge is 0.294 e. The van der Waals surface area contributed by atoms with Crippen molar-refractivity contribution in [1.82, 2.24) is 9.88 Å². The lowest BCUT2D eigenvalue weighted by molar-refractivity contribution is -0.124. The first-order chi connectivity index (χ1) is 10.6. The molecule has 1 N–H and O–H groups in total. The third-order valence-corrected chi connectivity index (χ3v) is 4.34. The minimum Gasteiger partial charge on any atom is -0.459 e. The Morgan fingerprint density at radius 3 is 3.09 bits per heavy atom. The van der Waals surface area contributed by atoms with Crippen LogP contribution in [-0.2, 0) is 9.53 Å². The van der Waals surface area contributed by atoms with E-state index < -0.39 is 0 Å².